The zero-order valence-corrected chi connectivity index (χ0v) is 33.7. The molecule has 0 radical (unpaired) electrons. The lowest BCUT2D eigenvalue weighted by Crippen LogP contribution is -2.29. The zero-order valence-electron chi connectivity index (χ0n) is 32.8. The second-order valence-electron chi connectivity index (χ2n) is 13.8. The van der Waals surface area contributed by atoms with E-state index in [1.807, 2.05) is 0 Å². The Hall–Kier alpha value is -1.51. The van der Waals surface area contributed by atoms with Gasteiger partial charge in [0.25, 0.3) is 0 Å². The van der Waals surface area contributed by atoms with Crippen LogP contribution >= 0.6 is 7.82 Å². The number of hydrogen-bond donors (Lipinski definition) is 2. The lowest BCUT2D eigenvalue weighted by atomic mass is 10.1. The second-order valence-corrected chi connectivity index (χ2v) is 15.3. The minimum Gasteiger partial charge on any atom is -0.462 e. The Bertz CT molecular complexity index is 897. The number of unbranched alkanes of at least 4 members (excludes halogenated alkanes) is 22. The van der Waals surface area contributed by atoms with Gasteiger partial charge in [0.05, 0.1) is 13.2 Å². The first-order valence-electron chi connectivity index (χ1n) is 20.8. The van der Waals surface area contributed by atoms with Gasteiger partial charge >= 0.3 is 19.8 Å². The molecule has 0 saturated carbocycles. The van der Waals surface area contributed by atoms with Crippen LogP contribution in [0.15, 0.2) is 24.3 Å². The first-order chi connectivity index (χ1) is 24.8. The molecule has 0 bridgehead atoms. The summed E-state index contributed by atoms with van der Waals surface area (Å²) in [5, 5.41) is 0. The highest BCUT2D eigenvalue weighted by Crippen LogP contribution is 2.43. The molecule has 51 heavy (non-hydrogen) atoms. The Morgan fingerprint density at radius 1 is 0.569 bits per heavy atom. The summed E-state index contributed by atoms with van der Waals surface area (Å²) in [6.45, 7) is 3.70. The van der Waals surface area contributed by atoms with E-state index < -0.39 is 32.5 Å². The van der Waals surface area contributed by atoms with Gasteiger partial charge in [0.2, 0.25) is 0 Å². The van der Waals surface area contributed by atoms with Crippen LogP contribution in [0.3, 0.4) is 0 Å². The van der Waals surface area contributed by atoms with Gasteiger partial charge in [-0.2, -0.15) is 0 Å². The normalized spacial score (nSPS) is 13.6. The number of nitrogens with two attached hydrogens (primary N) is 1. The van der Waals surface area contributed by atoms with Gasteiger partial charge in [-0.3, -0.25) is 18.6 Å². The van der Waals surface area contributed by atoms with E-state index in [0.29, 0.717) is 6.42 Å². The summed E-state index contributed by atoms with van der Waals surface area (Å²) < 4.78 is 32.7. The van der Waals surface area contributed by atoms with Crippen molar-refractivity contribution in [2.45, 2.75) is 200 Å². The van der Waals surface area contributed by atoms with Gasteiger partial charge < -0.3 is 20.1 Å². The van der Waals surface area contributed by atoms with Gasteiger partial charge in [-0.05, 0) is 64.2 Å². The van der Waals surface area contributed by atoms with Crippen molar-refractivity contribution in [2.75, 3.05) is 26.4 Å². The lowest BCUT2D eigenvalue weighted by Gasteiger charge is -2.19. The van der Waals surface area contributed by atoms with E-state index in [4.69, 9.17) is 24.3 Å². The van der Waals surface area contributed by atoms with Crippen molar-refractivity contribution in [3.8, 4) is 0 Å². The first-order valence-corrected chi connectivity index (χ1v) is 22.3. The number of allylic oxidation sites excluding steroid dienone is 4. The van der Waals surface area contributed by atoms with Crippen LogP contribution in [0.5, 0.6) is 0 Å². The Morgan fingerprint density at radius 3 is 1.45 bits per heavy atom. The molecule has 0 spiro atoms. The second kappa shape index (κ2) is 38.2. The van der Waals surface area contributed by atoms with Crippen LogP contribution in [0.4, 0.5) is 0 Å². The number of esters is 2. The predicted molar refractivity (Wildman–Crippen MR) is 211 cm³/mol. The van der Waals surface area contributed by atoms with Crippen molar-refractivity contribution in [2.24, 2.45) is 5.73 Å². The van der Waals surface area contributed by atoms with Crippen LogP contribution in [0.1, 0.15) is 194 Å². The van der Waals surface area contributed by atoms with Crippen molar-refractivity contribution >= 4 is 19.8 Å². The molecule has 0 aromatic rings. The molecule has 0 aromatic carbocycles. The van der Waals surface area contributed by atoms with Gasteiger partial charge in [-0.15, -0.1) is 0 Å². The smallest absolute Gasteiger partial charge is 0.462 e. The number of carbonyl (C=O) groups is 2. The maximum atomic E-state index is 12.5. The molecule has 9 nitrogen and oxygen atoms in total. The maximum Gasteiger partial charge on any atom is 0.472 e. The van der Waals surface area contributed by atoms with Crippen LogP contribution < -0.4 is 5.73 Å². The predicted octanol–water partition coefficient (Wildman–Crippen LogP) is 11.6. The zero-order chi connectivity index (χ0) is 37.5. The van der Waals surface area contributed by atoms with Crippen molar-refractivity contribution in [3.05, 3.63) is 24.3 Å². The van der Waals surface area contributed by atoms with Crippen LogP contribution in [-0.2, 0) is 32.7 Å². The average Bonchev–Trinajstić information content (AvgIpc) is 3.11. The highest BCUT2D eigenvalue weighted by Gasteiger charge is 2.25. The van der Waals surface area contributed by atoms with E-state index >= 15 is 0 Å². The van der Waals surface area contributed by atoms with Crippen molar-refractivity contribution in [1.82, 2.24) is 0 Å². The topological polar surface area (TPSA) is 134 Å². The summed E-state index contributed by atoms with van der Waals surface area (Å²) in [5.41, 5.74) is 5.34. The van der Waals surface area contributed by atoms with E-state index in [1.165, 1.54) is 109 Å². The standard InChI is InChI=1S/C41H78NO8P/c1-3-5-7-9-11-13-15-17-19-21-23-25-27-29-31-33-40(43)47-37-39(38-49-51(45,46)48-36-35-42)50-41(44)34-32-30-28-26-24-22-20-18-16-14-12-10-8-6-4-2/h13,15,24,26,39H,3-12,14,16-23,25,27-38,42H2,1-2H3,(H,45,46)/b15-13+,26-24+/t39-/m1/s1. The molecule has 0 aromatic heterocycles. The summed E-state index contributed by atoms with van der Waals surface area (Å²) in [5.74, 6) is -0.856. The lowest BCUT2D eigenvalue weighted by molar-refractivity contribution is -0.161. The molecular formula is C41H78NO8P. The molecule has 0 rings (SSSR count). The molecule has 0 aliphatic heterocycles. The van der Waals surface area contributed by atoms with E-state index in [1.54, 1.807) is 0 Å². The molecule has 10 heteroatoms. The van der Waals surface area contributed by atoms with Gasteiger partial charge in [0, 0.05) is 19.4 Å². The third-order valence-electron chi connectivity index (χ3n) is 8.81. The molecule has 0 aliphatic carbocycles. The third-order valence-corrected chi connectivity index (χ3v) is 9.79. The quantitative estimate of drug-likeness (QED) is 0.0273. The number of ether oxygens (including phenoxy) is 2. The van der Waals surface area contributed by atoms with Gasteiger partial charge in [0.1, 0.15) is 6.61 Å². The fourth-order valence-corrected chi connectivity index (χ4v) is 6.45. The van der Waals surface area contributed by atoms with Gasteiger partial charge in [0.15, 0.2) is 6.10 Å². The molecule has 0 saturated heterocycles. The molecule has 1 unspecified atom stereocenters. The Kier molecular flexibility index (Phi) is 37.1. The molecule has 0 amide bonds. The van der Waals surface area contributed by atoms with Crippen LogP contribution in [0.25, 0.3) is 0 Å². The van der Waals surface area contributed by atoms with Crippen molar-refractivity contribution in [1.29, 1.82) is 0 Å². The summed E-state index contributed by atoms with van der Waals surface area (Å²) in [6.07, 6.45) is 39.2. The van der Waals surface area contributed by atoms with Crippen LogP contribution in [0, 0.1) is 0 Å². The first kappa shape index (κ1) is 49.5. The molecule has 0 aliphatic rings. The summed E-state index contributed by atoms with van der Waals surface area (Å²) in [6, 6.07) is 0. The molecule has 0 fully saturated rings. The Morgan fingerprint density at radius 2 is 0.961 bits per heavy atom. The fourth-order valence-electron chi connectivity index (χ4n) is 5.68. The highest BCUT2D eigenvalue weighted by atomic mass is 31.2. The average molecular weight is 744 g/mol. The number of phosphoric ester groups is 1. The van der Waals surface area contributed by atoms with Crippen LogP contribution in [-0.4, -0.2) is 49.3 Å². The highest BCUT2D eigenvalue weighted by molar-refractivity contribution is 7.47. The fraction of sp³-hybridized carbons (Fsp3) is 0.854. The van der Waals surface area contributed by atoms with E-state index in [0.717, 1.165) is 51.4 Å². The van der Waals surface area contributed by atoms with Crippen molar-refractivity contribution < 1.29 is 37.6 Å². The van der Waals surface area contributed by atoms with E-state index in [9.17, 15) is 19.0 Å². The molecule has 3 N–H and O–H groups in total. The number of phosphoric acid groups is 1. The Labute approximate surface area is 312 Å². The molecular weight excluding hydrogens is 665 g/mol. The molecule has 2 atom stereocenters. The monoisotopic (exact) mass is 744 g/mol. The maximum absolute atomic E-state index is 12.5. The number of hydrogen-bond acceptors (Lipinski definition) is 8. The number of carbonyl (C=O) groups excluding carboxylic acids is 2. The van der Waals surface area contributed by atoms with Gasteiger partial charge in [-0.1, -0.05) is 141 Å². The van der Waals surface area contributed by atoms with E-state index in [2.05, 4.69) is 38.2 Å². The molecule has 0 heterocycles. The van der Waals surface area contributed by atoms with Crippen molar-refractivity contribution in [3.63, 3.8) is 0 Å². The summed E-state index contributed by atoms with van der Waals surface area (Å²) >= 11 is 0. The van der Waals surface area contributed by atoms with E-state index in [-0.39, 0.29) is 32.6 Å². The summed E-state index contributed by atoms with van der Waals surface area (Å²) in [7, 11) is -4.38. The molecule has 300 valence electrons. The number of rotatable bonds is 39. The third kappa shape index (κ3) is 38.0. The Balaban J connectivity index is 4.20. The largest absolute Gasteiger partial charge is 0.472 e. The minimum atomic E-state index is -4.38. The minimum absolute atomic E-state index is 0.0509. The SMILES string of the molecule is CCCCCC/C=C/CCCCCCCCCC(=O)OC[C@H](COP(=O)(O)OCCN)OC(=O)CCCC/C=C/CCCCCCCCCCC. The van der Waals surface area contributed by atoms with Gasteiger partial charge in [-0.25, -0.2) is 4.57 Å². The summed E-state index contributed by atoms with van der Waals surface area (Å²) in [4.78, 5) is 34.8. The van der Waals surface area contributed by atoms with Crippen LogP contribution in [0.2, 0.25) is 0 Å².